The van der Waals surface area contributed by atoms with Crippen molar-refractivity contribution in [3.8, 4) is 22.1 Å². The summed E-state index contributed by atoms with van der Waals surface area (Å²) < 4.78 is 12.1. The molecule has 0 saturated carbocycles. The van der Waals surface area contributed by atoms with Crippen LogP contribution in [0.5, 0.6) is 11.5 Å². The van der Waals surface area contributed by atoms with Gasteiger partial charge in [-0.1, -0.05) is 42.5 Å². The molecule has 6 nitrogen and oxygen atoms in total. The maximum Gasteiger partial charge on any atom is 0.262 e. The van der Waals surface area contributed by atoms with E-state index in [9.17, 15) is 4.79 Å². The maximum absolute atomic E-state index is 13.0. The van der Waals surface area contributed by atoms with E-state index < -0.39 is 0 Å². The molecule has 0 fully saturated rings. The van der Waals surface area contributed by atoms with Crippen LogP contribution in [0.2, 0.25) is 0 Å². The summed E-state index contributed by atoms with van der Waals surface area (Å²) in [5, 5.41) is 4.94. The second-order valence-electron chi connectivity index (χ2n) is 9.15. The largest absolute Gasteiger partial charge is 0.497 e. The predicted octanol–water partition coefficient (Wildman–Crippen LogP) is 7.03. The molecule has 2 aromatic heterocycles. The quantitative estimate of drug-likeness (QED) is 0.214. The number of nitrogens with one attached hydrogen (secondary N) is 1. The highest BCUT2D eigenvalue weighted by Gasteiger charge is 2.28. The number of ether oxygens (including phenoxy) is 2. The zero-order chi connectivity index (χ0) is 25.9. The van der Waals surface area contributed by atoms with Gasteiger partial charge in [0.05, 0.1) is 17.3 Å². The van der Waals surface area contributed by atoms with Crippen LogP contribution in [0.3, 0.4) is 0 Å². The Morgan fingerprint density at radius 1 is 0.974 bits per heavy atom. The van der Waals surface area contributed by atoms with E-state index in [1.165, 1.54) is 16.0 Å². The van der Waals surface area contributed by atoms with Crippen molar-refractivity contribution in [2.45, 2.75) is 19.5 Å². The Morgan fingerprint density at radius 2 is 1.72 bits per heavy atom. The summed E-state index contributed by atoms with van der Waals surface area (Å²) in [4.78, 5) is 21.7. The molecule has 200 valence electrons. The number of para-hydroxylation sites is 1. The highest BCUT2D eigenvalue weighted by molar-refractivity contribution is 7.22. The van der Waals surface area contributed by atoms with E-state index >= 15 is 0 Å². The molecule has 0 radical (unpaired) electrons. The Balaban J connectivity index is 0.00000308. The van der Waals surface area contributed by atoms with Crippen molar-refractivity contribution in [1.29, 1.82) is 0 Å². The van der Waals surface area contributed by atoms with Crippen LogP contribution in [0, 0.1) is 0 Å². The van der Waals surface area contributed by atoms with Gasteiger partial charge in [-0.25, -0.2) is 4.98 Å². The summed E-state index contributed by atoms with van der Waals surface area (Å²) in [5.74, 6) is 1.17. The number of hydrogen-bond donors (Lipinski definition) is 1. The fourth-order valence-electron chi connectivity index (χ4n) is 4.71. The number of nitrogens with zero attached hydrogens (tertiary/aromatic N) is 2. The Kier molecular flexibility index (Phi) is 8.47. The molecule has 1 aliphatic heterocycles. The van der Waals surface area contributed by atoms with E-state index in [2.05, 4.69) is 46.6 Å². The monoisotopic (exact) mass is 577 g/mol. The van der Waals surface area contributed by atoms with Gasteiger partial charge in [0.25, 0.3) is 5.91 Å². The van der Waals surface area contributed by atoms with E-state index in [4.69, 9.17) is 14.5 Å². The molecule has 3 aromatic carbocycles. The van der Waals surface area contributed by atoms with Gasteiger partial charge in [0.1, 0.15) is 21.5 Å². The average molecular weight is 578 g/mol. The summed E-state index contributed by atoms with van der Waals surface area (Å²) in [5.41, 5.74) is 4.64. The van der Waals surface area contributed by atoms with Gasteiger partial charge in [0.2, 0.25) is 0 Å². The first-order chi connectivity index (χ1) is 18.7. The Hall–Kier alpha value is -3.43. The average Bonchev–Trinajstić information content (AvgIpc) is 3.53. The Labute approximate surface area is 241 Å². The molecule has 0 spiro atoms. The van der Waals surface area contributed by atoms with Gasteiger partial charge >= 0.3 is 0 Å². The number of thiophene rings is 1. The first-order valence-electron chi connectivity index (χ1n) is 12.5. The number of fused-ring (bicyclic) bond motifs is 2. The van der Waals surface area contributed by atoms with Crippen LogP contribution in [0.15, 0.2) is 78.9 Å². The van der Waals surface area contributed by atoms with E-state index in [0.29, 0.717) is 5.75 Å². The summed E-state index contributed by atoms with van der Waals surface area (Å²) in [6.07, 6.45) is 0.919. The standard InChI is InChI=1S/C30H27N3O3S2.ClH/c1-35-21-11-13-22(14-12-21)36-19-27(34)32-30-28(29-31-24-9-5-6-10-25(24)37-29)23-15-16-33(18-26(23)38-30)17-20-7-3-2-4-8-20;/h2-14H,15-19H2,1H3,(H,32,34);1H. The predicted molar refractivity (Wildman–Crippen MR) is 162 cm³/mol. The third kappa shape index (κ3) is 6.09. The van der Waals surface area contributed by atoms with Crippen molar-refractivity contribution < 1.29 is 14.3 Å². The number of benzene rings is 3. The van der Waals surface area contributed by atoms with Crippen LogP contribution in [-0.2, 0) is 24.3 Å². The lowest BCUT2D eigenvalue weighted by Crippen LogP contribution is -2.29. The molecule has 5 aromatic rings. The van der Waals surface area contributed by atoms with Gasteiger partial charge < -0.3 is 14.8 Å². The molecule has 0 saturated heterocycles. The molecule has 1 amide bonds. The summed E-state index contributed by atoms with van der Waals surface area (Å²) in [6, 6.07) is 26.0. The number of amides is 1. The molecule has 39 heavy (non-hydrogen) atoms. The van der Waals surface area contributed by atoms with Crippen LogP contribution in [0.4, 0.5) is 5.00 Å². The molecule has 9 heteroatoms. The number of hydrogen-bond acceptors (Lipinski definition) is 7. The van der Waals surface area contributed by atoms with Gasteiger partial charge in [-0.2, -0.15) is 0 Å². The second kappa shape index (κ2) is 12.2. The number of carbonyl (C=O) groups excluding carboxylic acids is 1. The SMILES string of the molecule is COc1ccc(OCC(=O)Nc2sc3c(c2-c2nc4ccccc4s2)CCN(Cc2ccccc2)C3)cc1.Cl. The van der Waals surface area contributed by atoms with Crippen LogP contribution >= 0.6 is 35.1 Å². The molecule has 0 atom stereocenters. The van der Waals surface area contributed by atoms with Gasteiger partial charge in [-0.15, -0.1) is 35.1 Å². The normalized spacial score (nSPS) is 12.9. The van der Waals surface area contributed by atoms with E-state index in [0.717, 1.165) is 57.6 Å². The molecule has 1 aliphatic rings. The maximum atomic E-state index is 13.0. The van der Waals surface area contributed by atoms with Crippen molar-refractivity contribution in [3.63, 3.8) is 0 Å². The van der Waals surface area contributed by atoms with E-state index in [1.54, 1.807) is 41.9 Å². The fraction of sp³-hybridized carbons (Fsp3) is 0.200. The zero-order valence-electron chi connectivity index (χ0n) is 21.4. The molecule has 0 aliphatic carbocycles. The first kappa shape index (κ1) is 27.1. The number of anilines is 1. The third-order valence-corrected chi connectivity index (χ3v) is 8.76. The van der Waals surface area contributed by atoms with Crippen molar-refractivity contribution in [2.24, 2.45) is 0 Å². The first-order valence-corrected chi connectivity index (χ1v) is 14.1. The Bertz CT molecular complexity index is 1530. The lowest BCUT2D eigenvalue weighted by atomic mass is 10.0. The van der Waals surface area contributed by atoms with Crippen molar-refractivity contribution >= 4 is 56.2 Å². The number of halogens is 1. The van der Waals surface area contributed by atoms with Crippen LogP contribution in [-0.4, -0.2) is 36.1 Å². The summed E-state index contributed by atoms with van der Waals surface area (Å²) in [6.45, 7) is 2.65. The van der Waals surface area contributed by atoms with Crippen molar-refractivity contribution in [3.05, 3.63) is 94.9 Å². The minimum atomic E-state index is -0.192. The molecule has 3 heterocycles. The number of carbonyl (C=O) groups is 1. The van der Waals surface area contributed by atoms with Crippen molar-refractivity contribution in [1.82, 2.24) is 9.88 Å². The number of methoxy groups -OCH3 is 1. The zero-order valence-corrected chi connectivity index (χ0v) is 23.8. The minimum absolute atomic E-state index is 0. The smallest absolute Gasteiger partial charge is 0.262 e. The number of thiazole rings is 1. The van der Waals surface area contributed by atoms with Crippen molar-refractivity contribution in [2.75, 3.05) is 25.6 Å². The molecule has 0 unspecified atom stereocenters. The van der Waals surface area contributed by atoms with E-state index in [-0.39, 0.29) is 24.9 Å². The second-order valence-corrected chi connectivity index (χ2v) is 11.3. The van der Waals surface area contributed by atoms with Crippen LogP contribution in [0.1, 0.15) is 16.0 Å². The van der Waals surface area contributed by atoms with Gasteiger partial charge in [-0.3, -0.25) is 9.69 Å². The summed E-state index contributed by atoms with van der Waals surface area (Å²) in [7, 11) is 1.62. The highest BCUT2D eigenvalue weighted by atomic mass is 35.5. The minimum Gasteiger partial charge on any atom is -0.497 e. The third-order valence-electron chi connectivity index (χ3n) is 6.58. The molecule has 0 bridgehead atoms. The fourth-order valence-corrected chi connectivity index (χ4v) is 7.13. The van der Waals surface area contributed by atoms with E-state index in [1.807, 2.05) is 30.3 Å². The molecule has 6 rings (SSSR count). The Morgan fingerprint density at radius 3 is 2.49 bits per heavy atom. The lowest BCUT2D eigenvalue weighted by Gasteiger charge is -2.27. The molecule has 1 N–H and O–H groups in total. The van der Waals surface area contributed by atoms with Gasteiger partial charge in [0, 0.05) is 30.1 Å². The van der Waals surface area contributed by atoms with Gasteiger partial charge in [-0.05, 0) is 53.9 Å². The topological polar surface area (TPSA) is 63.7 Å². The van der Waals surface area contributed by atoms with Crippen LogP contribution < -0.4 is 14.8 Å². The molecular weight excluding hydrogens is 550 g/mol. The number of rotatable bonds is 8. The van der Waals surface area contributed by atoms with Crippen LogP contribution in [0.25, 0.3) is 20.8 Å². The number of aromatic nitrogens is 1. The van der Waals surface area contributed by atoms with Gasteiger partial charge in [0.15, 0.2) is 6.61 Å². The lowest BCUT2D eigenvalue weighted by molar-refractivity contribution is -0.118. The highest BCUT2D eigenvalue weighted by Crippen LogP contribution is 2.45. The molecular formula is C30H28ClN3O3S2. The summed E-state index contributed by atoms with van der Waals surface area (Å²) >= 11 is 3.33.